The molecule has 0 radical (unpaired) electrons. The zero-order chi connectivity index (χ0) is 13.4. The number of carbonyl (C=O) groups is 3. The van der Waals surface area contributed by atoms with Gasteiger partial charge in [-0.15, -0.1) is 0 Å². The first-order valence-corrected chi connectivity index (χ1v) is 5.48. The van der Waals surface area contributed by atoms with E-state index >= 15 is 0 Å². The number of nitrogens with two attached hydrogens (primary N) is 1. The lowest BCUT2D eigenvalue weighted by atomic mass is 10.2. The minimum Gasteiger partial charge on any atom is -0.460 e. The molecule has 1 atom stereocenters. The van der Waals surface area contributed by atoms with Gasteiger partial charge < -0.3 is 15.2 Å². The molecule has 0 aromatic heterocycles. The molecular weight excluding hydrogens is 226 g/mol. The Labute approximate surface area is 100 Å². The van der Waals surface area contributed by atoms with E-state index < -0.39 is 18.0 Å². The molecule has 0 aromatic rings. The molecule has 0 amide bonds. The molecule has 0 heterocycles. The Morgan fingerprint density at radius 2 is 1.65 bits per heavy atom. The van der Waals surface area contributed by atoms with Crippen LogP contribution in [0.4, 0.5) is 0 Å². The predicted octanol–water partition coefficient (Wildman–Crippen LogP) is 0.178. The molecule has 0 aliphatic heterocycles. The maximum absolute atomic E-state index is 11.3. The van der Waals surface area contributed by atoms with Gasteiger partial charge in [0.1, 0.15) is 5.78 Å². The number of ketones is 1. The molecule has 98 valence electrons. The highest BCUT2D eigenvalue weighted by Gasteiger charge is 2.20. The number of hydrogen-bond acceptors (Lipinski definition) is 6. The Kier molecular flexibility index (Phi) is 7.13. The van der Waals surface area contributed by atoms with Gasteiger partial charge in [-0.1, -0.05) is 0 Å². The number of hydrogen-bond donors (Lipinski definition) is 1. The zero-order valence-electron chi connectivity index (χ0n) is 10.4. The maximum Gasteiger partial charge on any atom is 0.347 e. The number of rotatable bonds is 7. The van der Waals surface area contributed by atoms with Gasteiger partial charge in [-0.25, -0.2) is 4.79 Å². The first kappa shape index (κ1) is 15.6. The van der Waals surface area contributed by atoms with E-state index in [1.54, 1.807) is 13.8 Å². The Balaban J connectivity index is 3.95. The third-order valence-corrected chi connectivity index (χ3v) is 1.83. The van der Waals surface area contributed by atoms with Crippen molar-refractivity contribution in [3.63, 3.8) is 0 Å². The van der Waals surface area contributed by atoms with Crippen LogP contribution >= 0.6 is 0 Å². The molecule has 6 nitrogen and oxygen atoms in total. The molecule has 0 fully saturated rings. The van der Waals surface area contributed by atoms with Crippen LogP contribution in [0.5, 0.6) is 0 Å². The van der Waals surface area contributed by atoms with Crippen LogP contribution < -0.4 is 5.73 Å². The number of esters is 2. The molecule has 0 rings (SSSR count). The second-order valence-corrected chi connectivity index (χ2v) is 3.86. The normalized spacial score (nSPS) is 12.1. The van der Waals surface area contributed by atoms with Gasteiger partial charge in [0, 0.05) is 6.42 Å². The summed E-state index contributed by atoms with van der Waals surface area (Å²) in [5, 5.41) is 0. The van der Waals surface area contributed by atoms with Crippen LogP contribution in [0.25, 0.3) is 0 Å². The summed E-state index contributed by atoms with van der Waals surface area (Å²) in [7, 11) is 0. The monoisotopic (exact) mass is 245 g/mol. The number of Topliss-reactive ketones (excluding diaryl/α,β-unsaturated/α-hetero) is 1. The second kappa shape index (κ2) is 7.78. The largest absolute Gasteiger partial charge is 0.460 e. The summed E-state index contributed by atoms with van der Waals surface area (Å²) in [5.41, 5.74) is 5.09. The summed E-state index contributed by atoms with van der Waals surface area (Å²) in [4.78, 5) is 33.4. The highest BCUT2D eigenvalue weighted by atomic mass is 16.6. The van der Waals surface area contributed by atoms with Gasteiger partial charge in [-0.2, -0.15) is 0 Å². The molecule has 0 aliphatic rings. The van der Waals surface area contributed by atoms with Crippen molar-refractivity contribution >= 4 is 17.7 Å². The van der Waals surface area contributed by atoms with Crippen LogP contribution in [0, 0.1) is 0 Å². The molecule has 0 saturated carbocycles. The average molecular weight is 245 g/mol. The highest BCUT2D eigenvalue weighted by molar-refractivity contribution is 5.85. The van der Waals surface area contributed by atoms with Gasteiger partial charge in [-0.05, 0) is 20.8 Å². The quantitative estimate of drug-likeness (QED) is 0.643. The lowest BCUT2D eigenvalue weighted by Crippen LogP contribution is -2.28. The minimum absolute atomic E-state index is 0.0290. The van der Waals surface area contributed by atoms with Gasteiger partial charge in [0.15, 0.2) is 6.10 Å². The van der Waals surface area contributed by atoms with Crippen molar-refractivity contribution in [1.82, 2.24) is 0 Å². The topological polar surface area (TPSA) is 95.7 Å². The smallest absolute Gasteiger partial charge is 0.347 e. The van der Waals surface area contributed by atoms with E-state index in [1.165, 1.54) is 6.92 Å². The van der Waals surface area contributed by atoms with Crippen molar-refractivity contribution in [3.8, 4) is 0 Å². The average Bonchev–Trinajstić information content (AvgIpc) is 2.24. The SMILES string of the molecule is CC(C)OC(=O)C(C)OC(=O)CCC(=O)CN. The van der Waals surface area contributed by atoms with Crippen molar-refractivity contribution in [3.05, 3.63) is 0 Å². The van der Waals surface area contributed by atoms with E-state index in [1.807, 2.05) is 0 Å². The summed E-state index contributed by atoms with van der Waals surface area (Å²) in [6.07, 6.45) is -1.27. The summed E-state index contributed by atoms with van der Waals surface area (Å²) in [6.45, 7) is 4.73. The predicted molar refractivity (Wildman–Crippen MR) is 60.1 cm³/mol. The molecule has 0 bridgehead atoms. The number of ether oxygens (including phenoxy) is 2. The molecule has 2 N–H and O–H groups in total. The molecule has 0 aliphatic carbocycles. The van der Waals surface area contributed by atoms with Crippen LogP contribution in [-0.4, -0.2) is 36.5 Å². The van der Waals surface area contributed by atoms with Gasteiger partial charge in [0.25, 0.3) is 0 Å². The lowest BCUT2D eigenvalue weighted by molar-refractivity contribution is -0.169. The Morgan fingerprint density at radius 3 is 2.12 bits per heavy atom. The summed E-state index contributed by atoms with van der Waals surface area (Å²) in [6, 6.07) is 0. The molecule has 1 unspecified atom stereocenters. The van der Waals surface area contributed by atoms with E-state index in [0.717, 1.165) is 0 Å². The number of carbonyl (C=O) groups excluding carboxylic acids is 3. The van der Waals surface area contributed by atoms with E-state index in [4.69, 9.17) is 15.2 Å². The fraction of sp³-hybridized carbons (Fsp3) is 0.727. The Morgan fingerprint density at radius 1 is 1.06 bits per heavy atom. The molecule has 0 saturated heterocycles. The van der Waals surface area contributed by atoms with Crippen molar-refractivity contribution in [2.75, 3.05) is 6.54 Å². The molecule has 17 heavy (non-hydrogen) atoms. The third-order valence-electron chi connectivity index (χ3n) is 1.83. The highest BCUT2D eigenvalue weighted by Crippen LogP contribution is 2.02. The van der Waals surface area contributed by atoms with Crippen LogP contribution in [0.3, 0.4) is 0 Å². The summed E-state index contributed by atoms with van der Waals surface area (Å²) in [5.74, 6) is -1.43. The molecule has 6 heteroatoms. The molecular formula is C11H19NO5. The van der Waals surface area contributed by atoms with Crippen LogP contribution in [0.2, 0.25) is 0 Å². The van der Waals surface area contributed by atoms with E-state index in [-0.39, 0.29) is 31.3 Å². The van der Waals surface area contributed by atoms with E-state index in [0.29, 0.717) is 0 Å². The van der Waals surface area contributed by atoms with Gasteiger partial charge in [0.2, 0.25) is 0 Å². The molecule has 0 spiro atoms. The Hall–Kier alpha value is -1.43. The standard InChI is InChI=1S/C11H19NO5/c1-7(2)16-11(15)8(3)17-10(14)5-4-9(13)6-12/h7-8H,4-6,12H2,1-3H3. The minimum atomic E-state index is -0.960. The molecule has 0 aromatic carbocycles. The first-order chi connectivity index (χ1) is 7.86. The lowest BCUT2D eigenvalue weighted by Gasteiger charge is -2.14. The fourth-order valence-electron chi connectivity index (χ4n) is 0.976. The zero-order valence-corrected chi connectivity index (χ0v) is 10.4. The second-order valence-electron chi connectivity index (χ2n) is 3.86. The third kappa shape index (κ3) is 7.46. The van der Waals surface area contributed by atoms with Crippen molar-refractivity contribution < 1.29 is 23.9 Å². The van der Waals surface area contributed by atoms with Crippen LogP contribution in [0.15, 0.2) is 0 Å². The van der Waals surface area contributed by atoms with Crippen molar-refractivity contribution in [2.24, 2.45) is 5.73 Å². The van der Waals surface area contributed by atoms with Crippen LogP contribution in [-0.2, 0) is 23.9 Å². The van der Waals surface area contributed by atoms with Gasteiger partial charge >= 0.3 is 11.9 Å². The van der Waals surface area contributed by atoms with Crippen molar-refractivity contribution in [2.45, 2.75) is 45.8 Å². The summed E-state index contributed by atoms with van der Waals surface area (Å²) < 4.78 is 9.66. The van der Waals surface area contributed by atoms with Gasteiger partial charge in [-0.3, -0.25) is 9.59 Å². The summed E-state index contributed by atoms with van der Waals surface area (Å²) >= 11 is 0. The van der Waals surface area contributed by atoms with E-state index in [2.05, 4.69) is 0 Å². The Bertz CT molecular complexity index is 288. The first-order valence-electron chi connectivity index (χ1n) is 5.48. The van der Waals surface area contributed by atoms with Gasteiger partial charge in [0.05, 0.1) is 19.1 Å². The van der Waals surface area contributed by atoms with Crippen molar-refractivity contribution in [1.29, 1.82) is 0 Å². The van der Waals surface area contributed by atoms with E-state index in [9.17, 15) is 14.4 Å². The maximum atomic E-state index is 11.3. The fourth-order valence-corrected chi connectivity index (χ4v) is 0.976. The van der Waals surface area contributed by atoms with Crippen LogP contribution in [0.1, 0.15) is 33.6 Å².